The van der Waals surface area contributed by atoms with Gasteiger partial charge in [-0.2, -0.15) is 4.48 Å². The van der Waals surface area contributed by atoms with Crippen LogP contribution < -0.4 is 15.5 Å². The van der Waals surface area contributed by atoms with Crippen LogP contribution in [0.25, 0.3) is 0 Å². The molecule has 1 fully saturated rings. The fourth-order valence-corrected chi connectivity index (χ4v) is 3.41. The van der Waals surface area contributed by atoms with Crippen molar-refractivity contribution in [2.45, 2.75) is 19.4 Å². The zero-order chi connectivity index (χ0) is 17.9. The molecule has 3 rings (SSSR count). The van der Waals surface area contributed by atoms with Crippen molar-refractivity contribution >= 4 is 23.4 Å². The number of quaternary nitrogens is 1. The van der Waals surface area contributed by atoms with Crippen LogP contribution in [0, 0.1) is 0 Å². The van der Waals surface area contributed by atoms with E-state index < -0.39 is 5.97 Å². The number of hydrogen-bond donors (Lipinski definition) is 3. The molecule has 0 aliphatic carbocycles. The van der Waals surface area contributed by atoms with Crippen molar-refractivity contribution in [1.82, 2.24) is 9.80 Å². The molecule has 1 atom stereocenters. The van der Waals surface area contributed by atoms with Gasteiger partial charge in [0.25, 0.3) is 0 Å². The van der Waals surface area contributed by atoms with E-state index in [0.717, 1.165) is 22.5 Å². The highest BCUT2D eigenvalue weighted by Gasteiger charge is 2.47. The summed E-state index contributed by atoms with van der Waals surface area (Å²) in [6.45, 7) is 1.61. The molecule has 6 nitrogen and oxygen atoms in total. The van der Waals surface area contributed by atoms with Gasteiger partial charge in [-0.1, -0.05) is 30.3 Å². The predicted octanol–water partition coefficient (Wildman–Crippen LogP) is 2.52. The molecule has 1 aliphatic heterocycles. The quantitative estimate of drug-likeness (QED) is 0.705. The molecule has 2 amide bonds. The summed E-state index contributed by atoms with van der Waals surface area (Å²) in [7, 11) is 0. The van der Waals surface area contributed by atoms with E-state index in [9.17, 15) is 9.59 Å². The van der Waals surface area contributed by atoms with Gasteiger partial charge in [-0.05, 0) is 12.0 Å². The van der Waals surface area contributed by atoms with Crippen molar-refractivity contribution in [1.29, 1.82) is 0 Å². The highest BCUT2D eigenvalue weighted by molar-refractivity contribution is 5.96. The van der Waals surface area contributed by atoms with Gasteiger partial charge in [0.1, 0.15) is 17.9 Å². The van der Waals surface area contributed by atoms with E-state index >= 15 is 0 Å². The zero-order valence-corrected chi connectivity index (χ0v) is 13.9. The molecule has 0 bridgehead atoms. The Bertz CT molecular complexity index is 789. The van der Waals surface area contributed by atoms with Crippen LogP contribution in [0.5, 0.6) is 0 Å². The molecule has 1 saturated heterocycles. The fourth-order valence-electron chi connectivity index (χ4n) is 3.41. The Morgan fingerprint density at radius 3 is 2.48 bits per heavy atom. The summed E-state index contributed by atoms with van der Waals surface area (Å²) in [5, 5.41) is 11.9. The Hall–Kier alpha value is -2.70. The van der Waals surface area contributed by atoms with Gasteiger partial charge in [-0.25, -0.2) is 4.79 Å². The normalized spacial score (nSPS) is 19.6. The Balaban J connectivity index is 2.11. The van der Waals surface area contributed by atoms with Gasteiger partial charge >= 0.3 is 12.0 Å². The number of carbonyl (C=O) groups is 2. The minimum atomic E-state index is -0.848. The van der Waals surface area contributed by atoms with Crippen molar-refractivity contribution < 1.29 is 14.7 Å². The molecule has 0 spiro atoms. The van der Waals surface area contributed by atoms with Crippen LogP contribution in [0.3, 0.4) is 0 Å². The summed E-state index contributed by atoms with van der Waals surface area (Å²) in [6.07, 6.45) is 0.421. The second kappa shape index (κ2) is 7.04. The Labute approximate surface area is 146 Å². The third-order valence-electron chi connectivity index (χ3n) is 4.69. The lowest BCUT2D eigenvalue weighted by Gasteiger charge is -2.30. The average Bonchev–Trinajstić information content (AvgIpc) is 3.02. The second-order valence-electron chi connectivity index (χ2n) is 6.16. The number of carboxylic acids is 1. The van der Waals surface area contributed by atoms with Gasteiger partial charge < -0.3 is 10.8 Å². The Kier molecular flexibility index (Phi) is 4.83. The molecule has 0 radical (unpaired) electrons. The van der Waals surface area contributed by atoms with Crippen molar-refractivity contribution in [3.05, 3.63) is 59.7 Å². The topological polar surface area (TPSA) is 92.4 Å². The van der Waals surface area contributed by atoms with Crippen LogP contribution in [0.2, 0.25) is 0 Å². The van der Waals surface area contributed by atoms with Crippen LogP contribution in [-0.4, -0.2) is 30.2 Å². The van der Waals surface area contributed by atoms with Crippen LogP contribution in [0.15, 0.2) is 48.5 Å². The second-order valence-corrected chi connectivity index (χ2v) is 6.16. The average molecular weight is 340 g/mol. The number of rotatable bonds is 6. The summed E-state index contributed by atoms with van der Waals surface area (Å²) in [4.78, 5) is 23.9. The molecule has 1 aliphatic rings. The van der Waals surface area contributed by atoms with E-state index in [-0.39, 0.29) is 16.9 Å². The monoisotopic (exact) mass is 340 g/mol. The third-order valence-corrected chi connectivity index (χ3v) is 4.69. The lowest BCUT2D eigenvalue weighted by molar-refractivity contribution is -0.136. The number of carboxylic acid groups (broad SMARTS) is 1. The largest absolute Gasteiger partial charge is 0.481 e. The van der Waals surface area contributed by atoms with Gasteiger partial charge in [-0.3, -0.25) is 10.1 Å². The number of amides is 2. The minimum Gasteiger partial charge on any atom is -0.481 e. The van der Waals surface area contributed by atoms with Crippen molar-refractivity contribution in [3.63, 3.8) is 0 Å². The highest BCUT2D eigenvalue weighted by atomic mass is 16.4. The molecule has 2 aromatic carbocycles. The number of carbonyl (C=O) groups excluding carboxylic acids is 1. The maximum Gasteiger partial charge on any atom is 0.427 e. The predicted molar refractivity (Wildman–Crippen MR) is 96.5 cm³/mol. The summed E-state index contributed by atoms with van der Waals surface area (Å²) in [6, 6.07) is 15.2. The molecule has 1 unspecified atom stereocenters. The summed E-state index contributed by atoms with van der Waals surface area (Å²) in [5.41, 5.74) is 9.25. The standard InChI is InChI=1S/C19H21N3O3/c20-13-14-5-8-16(9-6-14)22(12-11-21-19(22)25)17-4-2-1-3-15(17)7-10-18(23)24/h1-6,8-9H,7,10-13,20H2,(H-,21,23,24,25)/p+1. The van der Waals surface area contributed by atoms with Crippen LogP contribution in [-0.2, 0) is 17.8 Å². The lowest BCUT2D eigenvalue weighted by Crippen LogP contribution is -2.47. The van der Waals surface area contributed by atoms with Crippen molar-refractivity contribution in [2.24, 2.45) is 5.73 Å². The Morgan fingerprint density at radius 1 is 1.16 bits per heavy atom. The van der Waals surface area contributed by atoms with Gasteiger partial charge in [0.2, 0.25) is 0 Å². The van der Waals surface area contributed by atoms with Crippen LogP contribution in [0.1, 0.15) is 17.5 Å². The molecule has 1 heterocycles. The number of para-hydroxylation sites is 1. The van der Waals surface area contributed by atoms with E-state index in [1.807, 2.05) is 48.5 Å². The minimum absolute atomic E-state index is 0.0325. The number of nitrogens with two attached hydrogens (primary N) is 1. The number of urea groups is 1. The highest BCUT2D eigenvalue weighted by Crippen LogP contribution is 2.39. The maximum atomic E-state index is 12.9. The zero-order valence-electron chi connectivity index (χ0n) is 13.9. The van der Waals surface area contributed by atoms with E-state index in [4.69, 9.17) is 10.8 Å². The number of hydrogen-bond acceptors (Lipinski definition) is 3. The van der Waals surface area contributed by atoms with Gasteiger partial charge in [0.05, 0.1) is 6.54 Å². The third kappa shape index (κ3) is 3.14. The number of nitrogens with zero attached hydrogens (tertiary/aromatic N) is 1. The summed E-state index contributed by atoms with van der Waals surface area (Å²) >= 11 is 0. The van der Waals surface area contributed by atoms with Crippen molar-refractivity contribution in [2.75, 3.05) is 13.1 Å². The molecule has 0 aromatic heterocycles. The molecular formula is C19H22N3O3+. The first-order chi connectivity index (χ1) is 12.1. The maximum absolute atomic E-state index is 12.9. The van der Waals surface area contributed by atoms with Crippen LogP contribution >= 0.6 is 0 Å². The van der Waals surface area contributed by atoms with Crippen molar-refractivity contribution in [3.8, 4) is 0 Å². The van der Waals surface area contributed by atoms with Gasteiger partial charge in [0, 0.05) is 36.7 Å². The van der Waals surface area contributed by atoms with E-state index in [1.165, 1.54) is 0 Å². The number of benzene rings is 2. The fraction of sp³-hybridized carbons (Fsp3) is 0.263. The molecular weight excluding hydrogens is 318 g/mol. The SMILES string of the molecule is NCc1ccc([N+]2(c3ccccc3CCC(=O)O)CCNC2=O)cc1. The summed E-state index contributed by atoms with van der Waals surface area (Å²) in [5.74, 6) is -0.848. The first-order valence-electron chi connectivity index (χ1n) is 8.34. The first kappa shape index (κ1) is 17.1. The molecule has 4 N–H and O–H groups in total. The van der Waals surface area contributed by atoms with E-state index in [0.29, 0.717) is 26.1 Å². The molecule has 130 valence electrons. The molecule has 2 aromatic rings. The lowest BCUT2D eigenvalue weighted by atomic mass is 10.0. The molecule has 25 heavy (non-hydrogen) atoms. The smallest absolute Gasteiger partial charge is 0.427 e. The van der Waals surface area contributed by atoms with E-state index in [2.05, 4.69) is 5.32 Å². The van der Waals surface area contributed by atoms with Gasteiger partial charge in [0.15, 0.2) is 0 Å². The molecule has 0 saturated carbocycles. The summed E-state index contributed by atoms with van der Waals surface area (Å²) < 4.78 is 0.0562. The Morgan fingerprint density at radius 2 is 1.88 bits per heavy atom. The number of aliphatic carboxylic acids is 1. The van der Waals surface area contributed by atoms with Gasteiger partial charge in [-0.15, -0.1) is 0 Å². The van der Waals surface area contributed by atoms with E-state index in [1.54, 1.807) is 0 Å². The number of aryl methyl sites for hydroxylation is 1. The first-order valence-corrected chi connectivity index (χ1v) is 8.34. The molecule has 6 heteroatoms. The van der Waals surface area contributed by atoms with Crippen LogP contribution in [0.4, 0.5) is 16.2 Å². The number of nitrogens with one attached hydrogen (secondary N) is 1.